The molecule has 4 N–H and O–H groups in total. The van der Waals surface area contributed by atoms with E-state index in [-0.39, 0.29) is 11.8 Å². The van der Waals surface area contributed by atoms with Crippen LogP contribution in [-0.4, -0.2) is 63.6 Å². The number of ether oxygens (including phenoxy) is 1. The molecule has 0 aromatic heterocycles. The van der Waals surface area contributed by atoms with Crippen LogP contribution >= 0.6 is 0 Å². The van der Waals surface area contributed by atoms with Crippen molar-refractivity contribution in [1.82, 2.24) is 15.5 Å². The molecule has 1 heterocycles. The van der Waals surface area contributed by atoms with Crippen LogP contribution < -0.4 is 21.1 Å². The summed E-state index contributed by atoms with van der Waals surface area (Å²) in [6, 6.07) is 6.31. The summed E-state index contributed by atoms with van der Waals surface area (Å²) in [6.07, 6.45) is 3.88. The van der Waals surface area contributed by atoms with E-state index in [0.29, 0.717) is 0 Å². The maximum absolute atomic E-state index is 11.4. The van der Waals surface area contributed by atoms with Gasteiger partial charge in [-0.2, -0.15) is 0 Å². The molecule has 7 heteroatoms. The number of carbonyl (C=O) groups excluding carboxylic acids is 1. The molecule has 0 saturated carbocycles. The van der Waals surface area contributed by atoms with Crippen molar-refractivity contribution in [1.29, 1.82) is 0 Å². The molecule has 0 spiro atoms. The average molecular weight is 390 g/mol. The lowest BCUT2D eigenvalue weighted by atomic mass is 9.97. The lowest BCUT2D eigenvalue weighted by Gasteiger charge is -2.31. The molecule has 1 aliphatic heterocycles. The van der Waals surface area contributed by atoms with Crippen molar-refractivity contribution in [3.8, 4) is 5.75 Å². The van der Waals surface area contributed by atoms with Crippen molar-refractivity contribution in [3.63, 3.8) is 0 Å². The van der Waals surface area contributed by atoms with E-state index in [1.165, 1.54) is 5.56 Å². The van der Waals surface area contributed by atoms with E-state index < -0.39 is 0 Å². The minimum atomic E-state index is -0.168. The molecule has 1 aromatic carbocycles. The summed E-state index contributed by atoms with van der Waals surface area (Å²) in [4.78, 5) is 18.0. The first kappa shape index (κ1) is 22.0. The highest BCUT2D eigenvalue weighted by atomic mass is 16.5. The number of rotatable bonds is 9. The first-order valence-corrected chi connectivity index (χ1v) is 10.1. The lowest BCUT2D eigenvalue weighted by Crippen LogP contribution is -2.43. The predicted octanol–water partition coefficient (Wildman–Crippen LogP) is 1.30. The molecule has 0 radical (unpaired) electrons. The monoisotopic (exact) mass is 389 g/mol. The number of methoxy groups -OCH3 is 1. The third-order valence-corrected chi connectivity index (χ3v) is 5.25. The zero-order chi connectivity index (χ0) is 20.4. The van der Waals surface area contributed by atoms with E-state index in [1.807, 2.05) is 6.92 Å². The van der Waals surface area contributed by atoms with E-state index in [4.69, 9.17) is 10.5 Å². The minimum Gasteiger partial charge on any atom is -0.496 e. The fourth-order valence-corrected chi connectivity index (χ4v) is 3.57. The quantitative estimate of drug-likeness (QED) is 0.336. The Kier molecular flexibility index (Phi) is 9.07. The van der Waals surface area contributed by atoms with Crippen molar-refractivity contribution in [3.05, 3.63) is 29.3 Å². The second-order valence-electron chi connectivity index (χ2n) is 7.38. The molecule has 0 aliphatic carbocycles. The van der Waals surface area contributed by atoms with Gasteiger partial charge in [-0.1, -0.05) is 12.1 Å². The molecule has 1 aromatic rings. The first-order valence-electron chi connectivity index (χ1n) is 10.1. The van der Waals surface area contributed by atoms with E-state index in [2.05, 4.69) is 38.7 Å². The number of likely N-dealkylation sites (tertiary alicyclic amines) is 1. The maximum Gasteiger partial charge on any atom is 0.221 e. The van der Waals surface area contributed by atoms with Gasteiger partial charge in [0.2, 0.25) is 5.91 Å². The molecule has 2 rings (SSSR count). The van der Waals surface area contributed by atoms with Crippen LogP contribution in [-0.2, 0) is 11.2 Å². The Bertz CT molecular complexity index is 662. The normalized spacial score (nSPS) is 18.0. The number of aryl methyl sites for hydroxylation is 1. The molecule has 1 amide bonds. The van der Waals surface area contributed by atoms with Gasteiger partial charge in [0, 0.05) is 26.7 Å². The number of hydrogen-bond donors (Lipinski definition) is 3. The van der Waals surface area contributed by atoms with Crippen molar-refractivity contribution < 1.29 is 9.53 Å². The summed E-state index contributed by atoms with van der Waals surface area (Å²) >= 11 is 0. The van der Waals surface area contributed by atoms with Crippen LogP contribution in [0.4, 0.5) is 0 Å². The van der Waals surface area contributed by atoms with Gasteiger partial charge in [0.25, 0.3) is 0 Å². The summed E-state index contributed by atoms with van der Waals surface area (Å²) < 4.78 is 5.38. The van der Waals surface area contributed by atoms with Gasteiger partial charge in [0.15, 0.2) is 5.96 Å². The second-order valence-corrected chi connectivity index (χ2v) is 7.38. The number of nitrogens with zero attached hydrogens (tertiary/aromatic N) is 2. The molecule has 0 bridgehead atoms. The van der Waals surface area contributed by atoms with Crippen LogP contribution in [0.3, 0.4) is 0 Å². The van der Waals surface area contributed by atoms with Crippen LogP contribution in [0, 0.1) is 12.8 Å². The summed E-state index contributed by atoms with van der Waals surface area (Å²) in [5.74, 6) is 1.58. The molecule has 1 atom stereocenters. The van der Waals surface area contributed by atoms with E-state index in [0.717, 1.165) is 75.7 Å². The summed E-state index contributed by atoms with van der Waals surface area (Å²) in [5, 5.41) is 6.71. The SMILES string of the molecule is CN=C(NCCCN1CCCC(C(N)=O)C1)NCCc1ccc(C)c(OC)c1. The number of nitrogens with one attached hydrogen (secondary N) is 2. The second kappa shape index (κ2) is 11.5. The van der Waals surface area contributed by atoms with E-state index in [1.54, 1.807) is 14.2 Å². The molecule has 1 aliphatic rings. The summed E-state index contributed by atoms with van der Waals surface area (Å²) in [6.45, 7) is 6.51. The van der Waals surface area contributed by atoms with Gasteiger partial charge in [0.05, 0.1) is 13.0 Å². The number of hydrogen-bond acceptors (Lipinski definition) is 4. The zero-order valence-electron chi connectivity index (χ0n) is 17.5. The molecular formula is C21H35N5O2. The van der Waals surface area contributed by atoms with Gasteiger partial charge < -0.3 is 26.0 Å². The van der Waals surface area contributed by atoms with Gasteiger partial charge in [-0.15, -0.1) is 0 Å². The number of piperidine rings is 1. The van der Waals surface area contributed by atoms with Gasteiger partial charge >= 0.3 is 0 Å². The van der Waals surface area contributed by atoms with Gasteiger partial charge in [-0.25, -0.2) is 0 Å². The van der Waals surface area contributed by atoms with Gasteiger partial charge in [-0.3, -0.25) is 9.79 Å². The number of amides is 1. The number of nitrogens with two attached hydrogens (primary N) is 1. The predicted molar refractivity (Wildman–Crippen MR) is 114 cm³/mol. The largest absolute Gasteiger partial charge is 0.496 e. The number of primary amides is 1. The van der Waals surface area contributed by atoms with E-state index >= 15 is 0 Å². The number of guanidine groups is 1. The molecule has 156 valence electrons. The Labute approximate surface area is 168 Å². The molecule has 1 saturated heterocycles. The van der Waals surface area contributed by atoms with Crippen molar-refractivity contribution in [2.45, 2.75) is 32.6 Å². The number of benzene rings is 1. The van der Waals surface area contributed by atoms with Crippen LogP contribution in [0.1, 0.15) is 30.4 Å². The minimum absolute atomic E-state index is 0.0107. The fraction of sp³-hybridized carbons (Fsp3) is 0.619. The topological polar surface area (TPSA) is 92.0 Å². The smallest absolute Gasteiger partial charge is 0.221 e. The van der Waals surface area contributed by atoms with Crippen molar-refractivity contribution >= 4 is 11.9 Å². The molecular weight excluding hydrogens is 354 g/mol. The molecule has 1 fully saturated rings. The maximum atomic E-state index is 11.4. The fourth-order valence-electron chi connectivity index (χ4n) is 3.57. The van der Waals surface area contributed by atoms with E-state index in [9.17, 15) is 4.79 Å². The standard InChI is InChI=1S/C21H35N5O2/c1-16-7-8-17(14-19(16)28-3)9-11-25-21(23-2)24-10-5-13-26-12-4-6-18(15-26)20(22)27/h7-8,14,18H,4-6,9-13,15H2,1-3H3,(H2,22,27)(H2,23,24,25). The molecule has 28 heavy (non-hydrogen) atoms. The van der Waals surface area contributed by atoms with Crippen LogP contribution in [0.15, 0.2) is 23.2 Å². The zero-order valence-corrected chi connectivity index (χ0v) is 17.5. The summed E-state index contributed by atoms with van der Waals surface area (Å²) in [5.41, 5.74) is 7.83. The highest BCUT2D eigenvalue weighted by Crippen LogP contribution is 2.19. The Hall–Kier alpha value is -2.28. The Morgan fingerprint density at radius 2 is 2.14 bits per heavy atom. The van der Waals surface area contributed by atoms with Crippen molar-refractivity contribution in [2.24, 2.45) is 16.6 Å². The molecule has 1 unspecified atom stereocenters. The van der Waals surface area contributed by atoms with Crippen LogP contribution in [0.5, 0.6) is 5.75 Å². The van der Waals surface area contributed by atoms with Crippen LogP contribution in [0.2, 0.25) is 0 Å². The van der Waals surface area contributed by atoms with Crippen molar-refractivity contribution in [2.75, 3.05) is 46.9 Å². The number of aliphatic imine (C=N–C) groups is 1. The van der Waals surface area contributed by atoms with Gasteiger partial charge in [0.1, 0.15) is 5.75 Å². The van der Waals surface area contributed by atoms with Gasteiger partial charge in [-0.05, 0) is 62.9 Å². The Morgan fingerprint density at radius 1 is 1.36 bits per heavy atom. The lowest BCUT2D eigenvalue weighted by molar-refractivity contribution is -0.123. The average Bonchev–Trinajstić information content (AvgIpc) is 2.71. The Balaban J connectivity index is 1.64. The first-order chi connectivity index (χ1) is 13.5. The Morgan fingerprint density at radius 3 is 2.86 bits per heavy atom. The molecule has 7 nitrogen and oxygen atoms in total. The number of carbonyl (C=O) groups is 1. The summed E-state index contributed by atoms with van der Waals surface area (Å²) in [7, 11) is 3.49. The van der Waals surface area contributed by atoms with Crippen LogP contribution in [0.25, 0.3) is 0 Å². The highest BCUT2D eigenvalue weighted by molar-refractivity contribution is 5.79. The third-order valence-electron chi connectivity index (χ3n) is 5.25. The highest BCUT2D eigenvalue weighted by Gasteiger charge is 2.23. The third kappa shape index (κ3) is 7.03.